The molecule has 0 bridgehead atoms. The number of amides is 3. The minimum absolute atomic E-state index is 0.0499. The first-order valence-corrected chi connectivity index (χ1v) is 10.1. The van der Waals surface area contributed by atoms with Crippen molar-refractivity contribution in [1.82, 2.24) is 20.4 Å². The summed E-state index contributed by atoms with van der Waals surface area (Å²) in [6.07, 6.45) is 1.32. The summed E-state index contributed by atoms with van der Waals surface area (Å²) >= 11 is 0. The summed E-state index contributed by atoms with van der Waals surface area (Å²) < 4.78 is 5.34. The van der Waals surface area contributed by atoms with E-state index in [2.05, 4.69) is 29.3 Å². The number of fused-ring (bicyclic) bond motifs is 2. The lowest BCUT2D eigenvalue weighted by molar-refractivity contribution is -0.132. The molecule has 1 aliphatic heterocycles. The van der Waals surface area contributed by atoms with Crippen molar-refractivity contribution in [2.45, 2.75) is 44.7 Å². The van der Waals surface area contributed by atoms with Crippen LogP contribution in [0.5, 0.6) is 0 Å². The Labute approximate surface area is 174 Å². The SMILES string of the molecule is CC(C)c1ccc(-c2noc(CN3C(=O)NC4(CCc5ccccc54)C3=O)n2)cc1. The maximum absolute atomic E-state index is 13.2. The zero-order valence-corrected chi connectivity index (χ0v) is 16.9. The molecule has 1 spiro atoms. The standard InChI is InChI=1S/C23H22N4O3/c1-14(2)15-7-9-17(10-8-15)20-24-19(30-26-20)13-27-21(28)23(25-22(27)29)12-11-16-5-3-4-6-18(16)23/h3-10,14H,11-13H2,1-2H3,(H,25,29). The van der Waals surface area contributed by atoms with E-state index in [0.29, 0.717) is 18.2 Å². The molecule has 3 aromatic rings. The highest BCUT2D eigenvalue weighted by Crippen LogP contribution is 2.41. The van der Waals surface area contributed by atoms with Crippen molar-refractivity contribution in [3.05, 3.63) is 71.1 Å². The Morgan fingerprint density at radius 2 is 1.90 bits per heavy atom. The van der Waals surface area contributed by atoms with Gasteiger partial charge in [0.2, 0.25) is 11.7 Å². The number of aryl methyl sites for hydroxylation is 1. The van der Waals surface area contributed by atoms with Gasteiger partial charge in [-0.05, 0) is 35.4 Å². The fourth-order valence-electron chi connectivity index (χ4n) is 4.32. The highest BCUT2D eigenvalue weighted by molar-refractivity contribution is 6.08. The third-order valence-electron chi connectivity index (χ3n) is 6.02. The zero-order chi connectivity index (χ0) is 20.9. The van der Waals surface area contributed by atoms with Gasteiger partial charge in [-0.1, -0.05) is 67.5 Å². The van der Waals surface area contributed by atoms with Gasteiger partial charge in [-0.2, -0.15) is 4.98 Å². The molecule has 0 radical (unpaired) electrons. The minimum Gasteiger partial charge on any atom is -0.337 e. The molecule has 1 N–H and O–H groups in total. The van der Waals surface area contributed by atoms with E-state index >= 15 is 0 Å². The van der Waals surface area contributed by atoms with Gasteiger partial charge in [-0.3, -0.25) is 9.69 Å². The van der Waals surface area contributed by atoms with Gasteiger partial charge in [-0.15, -0.1) is 0 Å². The van der Waals surface area contributed by atoms with E-state index in [1.807, 2.05) is 48.5 Å². The largest absolute Gasteiger partial charge is 0.337 e. The Hall–Kier alpha value is -3.48. The average molecular weight is 402 g/mol. The Morgan fingerprint density at radius 3 is 2.67 bits per heavy atom. The van der Waals surface area contributed by atoms with Crippen molar-refractivity contribution in [2.75, 3.05) is 0 Å². The number of imide groups is 1. The van der Waals surface area contributed by atoms with Crippen LogP contribution in [0.1, 0.15) is 48.8 Å². The van der Waals surface area contributed by atoms with Crippen molar-refractivity contribution < 1.29 is 14.1 Å². The molecule has 7 heteroatoms. The minimum atomic E-state index is -0.983. The number of nitrogens with one attached hydrogen (secondary N) is 1. The molecule has 3 amide bonds. The van der Waals surface area contributed by atoms with Crippen LogP contribution in [0.4, 0.5) is 4.79 Å². The summed E-state index contributed by atoms with van der Waals surface area (Å²) in [7, 11) is 0. The molecule has 1 aliphatic carbocycles. The first-order chi connectivity index (χ1) is 14.5. The summed E-state index contributed by atoms with van der Waals surface area (Å²) in [6, 6.07) is 15.3. The molecule has 1 atom stereocenters. The summed E-state index contributed by atoms with van der Waals surface area (Å²) in [4.78, 5) is 31.4. The normalized spacial score (nSPS) is 20.3. The number of carbonyl (C=O) groups is 2. The van der Waals surface area contributed by atoms with Gasteiger partial charge in [-0.25, -0.2) is 4.79 Å². The summed E-state index contributed by atoms with van der Waals surface area (Å²) in [6.45, 7) is 4.22. The van der Waals surface area contributed by atoms with Crippen LogP contribution < -0.4 is 5.32 Å². The molecule has 2 aromatic carbocycles. The Kier molecular flexibility index (Phi) is 4.20. The third kappa shape index (κ3) is 2.81. The van der Waals surface area contributed by atoms with Crippen LogP contribution >= 0.6 is 0 Å². The predicted molar refractivity (Wildman–Crippen MR) is 109 cm³/mol. The van der Waals surface area contributed by atoms with Gasteiger partial charge in [0.15, 0.2) is 0 Å². The molecule has 2 heterocycles. The van der Waals surface area contributed by atoms with Crippen LogP contribution in [0.15, 0.2) is 53.1 Å². The molecular formula is C23H22N4O3. The smallest absolute Gasteiger partial charge is 0.325 e. The van der Waals surface area contributed by atoms with Gasteiger partial charge in [0, 0.05) is 5.56 Å². The first kappa shape index (κ1) is 18.5. The monoisotopic (exact) mass is 402 g/mol. The molecule has 2 aliphatic rings. The highest BCUT2D eigenvalue weighted by Gasteiger charge is 2.55. The highest BCUT2D eigenvalue weighted by atomic mass is 16.5. The quantitative estimate of drug-likeness (QED) is 0.672. The topological polar surface area (TPSA) is 88.3 Å². The third-order valence-corrected chi connectivity index (χ3v) is 6.02. The lowest BCUT2D eigenvalue weighted by atomic mass is 9.92. The van der Waals surface area contributed by atoms with Crippen molar-refractivity contribution in [2.24, 2.45) is 0 Å². The summed E-state index contributed by atoms with van der Waals surface area (Å²) in [5, 5.41) is 6.93. The van der Waals surface area contributed by atoms with Gasteiger partial charge in [0.25, 0.3) is 5.91 Å². The van der Waals surface area contributed by atoms with Crippen molar-refractivity contribution >= 4 is 11.9 Å². The van der Waals surface area contributed by atoms with Crippen LogP contribution in [0.2, 0.25) is 0 Å². The van der Waals surface area contributed by atoms with Gasteiger partial charge >= 0.3 is 6.03 Å². The Bertz CT molecular complexity index is 1140. The number of nitrogens with zero attached hydrogens (tertiary/aromatic N) is 3. The number of hydrogen-bond donors (Lipinski definition) is 1. The van der Waals surface area contributed by atoms with E-state index in [0.717, 1.165) is 23.1 Å². The van der Waals surface area contributed by atoms with Crippen molar-refractivity contribution in [1.29, 1.82) is 0 Å². The molecule has 7 nitrogen and oxygen atoms in total. The fraction of sp³-hybridized carbons (Fsp3) is 0.304. The first-order valence-electron chi connectivity index (χ1n) is 10.1. The van der Waals surface area contributed by atoms with E-state index in [1.165, 1.54) is 10.5 Å². The number of hydrogen-bond acceptors (Lipinski definition) is 5. The van der Waals surface area contributed by atoms with Crippen molar-refractivity contribution in [3.63, 3.8) is 0 Å². The second-order valence-corrected chi connectivity index (χ2v) is 8.17. The van der Waals surface area contributed by atoms with Crippen LogP contribution in [-0.4, -0.2) is 27.0 Å². The van der Waals surface area contributed by atoms with E-state index in [9.17, 15) is 9.59 Å². The van der Waals surface area contributed by atoms with Gasteiger partial charge in [0.05, 0.1) is 0 Å². The van der Waals surface area contributed by atoms with Crippen molar-refractivity contribution in [3.8, 4) is 11.4 Å². The number of aromatic nitrogens is 2. The molecule has 152 valence electrons. The maximum atomic E-state index is 13.2. The van der Waals surface area contributed by atoms with E-state index in [4.69, 9.17) is 4.52 Å². The molecular weight excluding hydrogens is 380 g/mol. The van der Waals surface area contributed by atoms with Gasteiger partial charge in [0.1, 0.15) is 12.1 Å². The molecule has 30 heavy (non-hydrogen) atoms. The van der Waals surface area contributed by atoms with Gasteiger partial charge < -0.3 is 9.84 Å². The van der Waals surface area contributed by atoms with Crippen LogP contribution in [-0.2, 0) is 23.3 Å². The predicted octanol–water partition coefficient (Wildman–Crippen LogP) is 3.75. The van der Waals surface area contributed by atoms with Crippen LogP contribution in [0, 0.1) is 0 Å². The summed E-state index contributed by atoms with van der Waals surface area (Å²) in [5.74, 6) is 0.837. The zero-order valence-electron chi connectivity index (χ0n) is 16.9. The molecule has 1 unspecified atom stereocenters. The Balaban J connectivity index is 1.37. The second-order valence-electron chi connectivity index (χ2n) is 8.17. The van der Waals surface area contributed by atoms with E-state index in [1.54, 1.807) is 0 Å². The average Bonchev–Trinajstić information content (AvgIpc) is 3.43. The molecule has 1 fully saturated rings. The van der Waals surface area contributed by atoms with Crippen LogP contribution in [0.25, 0.3) is 11.4 Å². The number of benzene rings is 2. The lowest BCUT2D eigenvalue weighted by Gasteiger charge is -2.21. The molecule has 5 rings (SSSR count). The molecule has 1 saturated heterocycles. The number of rotatable bonds is 4. The fourth-order valence-corrected chi connectivity index (χ4v) is 4.32. The van der Waals surface area contributed by atoms with E-state index in [-0.39, 0.29) is 18.3 Å². The molecule has 0 saturated carbocycles. The molecule has 1 aromatic heterocycles. The van der Waals surface area contributed by atoms with E-state index < -0.39 is 11.6 Å². The number of carbonyl (C=O) groups excluding carboxylic acids is 2. The number of urea groups is 1. The lowest BCUT2D eigenvalue weighted by Crippen LogP contribution is -2.41. The Morgan fingerprint density at radius 1 is 1.13 bits per heavy atom. The maximum Gasteiger partial charge on any atom is 0.325 e. The van der Waals surface area contributed by atoms with Crippen LogP contribution in [0.3, 0.4) is 0 Å². The summed E-state index contributed by atoms with van der Waals surface area (Å²) in [5.41, 5.74) is 3.04. The second kappa shape index (κ2) is 6.79.